The van der Waals surface area contributed by atoms with Gasteiger partial charge in [-0.15, -0.1) is 0 Å². The van der Waals surface area contributed by atoms with Gasteiger partial charge in [0.1, 0.15) is 0 Å². The summed E-state index contributed by atoms with van der Waals surface area (Å²) < 4.78 is 0. The van der Waals surface area contributed by atoms with Gasteiger partial charge in [0.2, 0.25) is 17.7 Å². The van der Waals surface area contributed by atoms with Crippen LogP contribution in [0.2, 0.25) is 0 Å². The van der Waals surface area contributed by atoms with Crippen LogP contribution in [0.4, 0.5) is 0 Å². The third-order valence-corrected chi connectivity index (χ3v) is 6.05. The number of carbonyl (C=O) groups excluding carboxylic acids is 3. The van der Waals surface area contributed by atoms with Crippen molar-refractivity contribution >= 4 is 17.7 Å². The predicted molar refractivity (Wildman–Crippen MR) is 111 cm³/mol. The van der Waals surface area contributed by atoms with Crippen LogP contribution in [0.25, 0.3) is 0 Å². The molecule has 1 N–H and O–H groups in total. The number of hydrogen-bond acceptors (Lipinski definition) is 4. The molecule has 2 aliphatic heterocycles. The second-order valence-corrected chi connectivity index (χ2v) is 8.74. The number of likely N-dealkylation sites (tertiary alicyclic amines) is 2. The van der Waals surface area contributed by atoms with Crippen molar-refractivity contribution in [2.75, 3.05) is 53.4 Å². The van der Waals surface area contributed by atoms with Crippen molar-refractivity contribution in [3.63, 3.8) is 0 Å². The fourth-order valence-electron chi connectivity index (χ4n) is 4.78. The van der Waals surface area contributed by atoms with Crippen LogP contribution in [-0.4, -0.2) is 85.8 Å². The summed E-state index contributed by atoms with van der Waals surface area (Å²) in [5.74, 6) is 0.218. The van der Waals surface area contributed by atoms with Crippen LogP contribution in [0.15, 0.2) is 30.3 Å². The van der Waals surface area contributed by atoms with Crippen molar-refractivity contribution in [1.82, 2.24) is 20.0 Å². The molecule has 0 bridgehead atoms. The summed E-state index contributed by atoms with van der Waals surface area (Å²) >= 11 is 0. The standard InChI is InChI=1S/C22H32N4O3/c1-17(27)23-11-21(29)26-13-19-12-25(15-22(19,16-26)14-24(2)3)20(28)10-9-18-7-5-4-6-8-18/h4-8,19H,9-16H2,1-3H3,(H,23,27). The lowest BCUT2D eigenvalue weighted by atomic mass is 9.80. The molecule has 0 radical (unpaired) electrons. The van der Waals surface area contributed by atoms with E-state index in [9.17, 15) is 14.4 Å². The molecule has 3 amide bonds. The molecule has 2 heterocycles. The van der Waals surface area contributed by atoms with E-state index in [0.29, 0.717) is 32.6 Å². The summed E-state index contributed by atoms with van der Waals surface area (Å²) in [5.41, 5.74) is 1.08. The van der Waals surface area contributed by atoms with Crippen molar-refractivity contribution in [3.8, 4) is 0 Å². The summed E-state index contributed by atoms with van der Waals surface area (Å²) in [5, 5.41) is 2.60. The quantitative estimate of drug-likeness (QED) is 0.728. The van der Waals surface area contributed by atoms with E-state index in [4.69, 9.17) is 0 Å². The molecule has 2 unspecified atom stereocenters. The third kappa shape index (κ3) is 5.15. The van der Waals surface area contributed by atoms with Gasteiger partial charge in [-0.3, -0.25) is 14.4 Å². The SMILES string of the molecule is CC(=O)NCC(=O)N1CC2CN(C(=O)CCc3ccccc3)CC2(CN(C)C)C1. The van der Waals surface area contributed by atoms with Crippen LogP contribution in [0.5, 0.6) is 0 Å². The molecule has 2 aliphatic rings. The molecule has 3 rings (SSSR count). The average Bonchev–Trinajstić information content (AvgIpc) is 3.18. The minimum absolute atomic E-state index is 0.0415. The van der Waals surface area contributed by atoms with E-state index in [1.54, 1.807) is 0 Å². The molecule has 7 nitrogen and oxygen atoms in total. The van der Waals surface area contributed by atoms with Gasteiger partial charge >= 0.3 is 0 Å². The van der Waals surface area contributed by atoms with Crippen LogP contribution in [-0.2, 0) is 20.8 Å². The van der Waals surface area contributed by atoms with Gasteiger partial charge in [-0.25, -0.2) is 0 Å². The van der Waals surface area contributed by atoms with Crippen LogP contribution in [0, 0.1) is 11.3 Å². The molecular weight excluding hydrogens is 368 g/mol. The normalized spacial score (nSPS) is 23.4. The second-order valence-electron chi connectivity index (χ2n) is 8.74. The number of rotatable bonds is 7. The molecule has 29 heavy (non-hydrogen) atoms. The lowest BCUT2D eigenvalue weighted by Gasteiger charge is -2.32. The molecule has 0 spiro atoms. The number of nitrogens with zero attached hydrogens (tertiary/aromatic N) is 3. The monoisotopic (exact) mass is 400 g/mol. The Hall–Kier alpha value is -2.41. The van der Waals surface area contributed by atoms with Gasteiger partial charge in [0, 0.05) is 57.4 Å². The zero-order chi connectivity index (χ0) is 21.0. The molecule has 0 aromatic heterocycles. The van der Waals surface area contributed by atoms with Crippen LogP contribution >= 0.6 is 0 Å². The van der Waals surface area contributed by atoms with Crippen molar-refractivity contribution < 1.29 is 14.4 Å². The molecule has 1 aromatic carbocycles. The Labute approximate surface area is 173 Å². The van der Waals surface area contributed by atoms with Gasteiger partial charge < -0.3 is 20.0 Å². The summed E-state index contributed by atoms with van der Waals surface area (Å²) in [6.45, 7) is 4.96. The first-order valence-corrected chi connectivity index (χ1v) is 10.3. The van der Waals surface area contributed by atoms with Crippen molar-refractivity contribution in [2.24, 2.45) is 11.3 Å². The maximum Gasteiger partial charge on any atom is 0.241 e. The van der Waals surface area contributed by atoms with Gasteiger partial charge in [-0.05, 0) is 26.1 Å². The third-order valence-electron chi connectivity index (χ3n) is 6.05. The van der Waals surface area contributed by atoms with E-state index in [2.05, 4.69) is 22.3 Å². The van der Waals surface area contributed by atoms with E-state index in [1.807, 2.05) is 42.1 Å². The fraction of sp³-hybridized carbons (Fsp3) is 0.591. The molecule has 1 aromatic rings. The lowest BCUT2D eigenvalue weighted by Crippen LogP contribution is -2.45. The Bertz CT molecular complexity index is 752. The number of carbonyl (C=O) groups is 3. The first kappa shape index (κ1) is 21.3. The molecule has 2 atom stereocenters. The smallest absolute Gasteiger partial charge is 0.241 e. The van der Waals surface area contributed by atoms with Crippen LogP contribution in [0.3, 0.4) is 0 Å². The number of amides is 3. The number of fused-ring (bicyclic) bond motifs is 1. The number of nitrogens with one attached hydrogen (secondary N) is 1. The van der Waals surface area contributed by atoms with E-state index in [0.717, 1.165) is 13.0 Å². The highest BCUT2D eigenvalue weighted by Gasteiger charge is 2.54. The van der Waals surface area contributed by atoms with Gasteiger partial charge in [0.15, 0.2) is 0 Å². The zero-order valence-corrected chi connectivity index (χ0v) is 17.7. The molecule has 2 saturated heterocycles. The fourth-order valence-corrected chi connectivity index (χ4v) is 4.78. The van der Waals surface area contributed by atoms with Gasteiger partial charge in [0.05, 0.1) is 6.54 Å². The Morgan fingerprint density at radius 2 is 1.69 bits per heavy atom. The maximum absolute atomic E-state index is 12.9. The van der Waals surface area contributed by atoms with Crippen molar-refractivity contribution in [3.05, 3.63) is 35.9 Å². The minimum Gasteiger partial charge on any atom is -0.347 e. The largest absolute Gasteiger partial charge is 0.347 e. The number of aryl methyl sites for hydroxylation is 1. The van der Waals surface area contributed by atoms with Crippen LogP contribution in [0.1, 0.15) is 18.9 Å². The van der Waals surface area contributed by atoms with Crippen molar-refractivity contribution in [2.45, 2.75) is 19.8 Å². The highest BCUT2D eigenvalue weighted by Crippen LogP contribution is 2.43. The number of benzene rings is 1. The first-order chi connectivity index (χ1) is 13.8. The predicted octanol–water partition coefficient (Wildman–Crippen LogP) is 0.604. The topological polar surface area (TPSA) is 73.0 Å². The highest BCUT2D eigenvalue weighted by atomic mass is 16.2. The molecular formula is C22H32N4O3. The number of hydrogen-bond donors (Lipinski definition) is 1. The molecule has 0 aliphatic carbocycles. The Morgan fingerprint density at radius 3 is 2.28 bits per heavy atom. The first-order valence-electron chi connectivity index (χ1n) is 10.3. The summed E-state index contributed by atoms with van der Waals surface area (Å²) in [6, 6.07) is 10.1. The molecule has 7 heteroatoms. The Kier molecular flexibility index (Phi) is 6.57. The zero-order valence-electron chi connectivity index (χ0n) is 17.7. The second kappa shape index (κ2) is 8.95. The lowest BCUT2D eigenvalue weighted by molar-refractivity contribution is -0.133. The van der Waals surface area contributed by atoms with Crippen molar-refractivity contribution in [1.29, 1.82) is 0 Å². The Balaban J connectivity index is 1.61. The van der Waals surface area contributed by atoms with E-state index in [1.165, 1.54) is 12.5 Å². The average molecular weight is 401 g/mol. The molecule has 2 fully saturated rings. The van der Waals surface area contributed by atoms with E-state index < -0.39 is 0 Å². The highest BCUT2D eigenvalue weighted by molar-refractivity contribution is 5.84. The van der Waals surface area contributed by atoms with Gasteiger partial charge in [-0.2, -0.15) is 0 Å². The van der Waals surface area contributed by atoms with Crippen LogP contribution < -0.4 is 5.32 Å². The summed E-state index contributed by atoms with van der Waals surface area (Å²) in [7, 11) is 4.07. The Morgan fingerprint density at radius 1 is 1.07 bits per heavy atom. The minimum atomic E-state index is -0.198. The summed E-state index contributed by atoms with van der Waals surface area (Å²) in [4.78, 5) is 42.5. The summed E-state index contributed by atoms with van der Waals surface area (Å²) in [6.07, 6.45) is 1.27. The molecule has 158 valence electrons. The van der Waals surface area contributed by atoms with Gasteiger partial charge in [-0.1, -0.05) is 30.3 Å². The van der Waals surface area contributed by atoms with E-state index in [-0.39, 0.29) is 35.6 Å². The molecule has 0 saturated carbocycles. The van der Waals surface area contributed by atoms with Gasteiger partial charge in [0.25, 0.3) is 0 Å². The van der Waals surface area contributed by atoms with E-state index >= 15 is 0 Å². The maximum atomic E-state index is 12.9.